The number of hydrogen-bond donors (Lipinski definition) is 2. The second kappa shape index (κ2) is 13.7. The number of nitriles is 1. The minimum Gasteiger partial charge on any atom is -0.377 e. The Balaban J connectivity index is 0.00000392. The van der Waals surface area contributed by atoms with Crippen LogP contribution in [-0.2, 0) is 11.3 Å². The molecule has 6 nitrogen and oxygen atoms in total. The summed E-state index contributed by atoms with van der Waals surface area (Å²) >= 11 is 0. The van der Waals surface area contributed by atoms with Gasteiger partial charge in [-0.2, -0.15) is 5.26 Å². The van der Waals surface area contributed by atoms with E-state index in [2.05, 4.69) is 42.4 Å². The van der Waals surface area contributed by atoms with E-state index in [0.29, 0.717) is 24.3 Å². The molecule has 0 saturated carbocycles. The first-order valence-corrected chi connectivity index (χ1v) is 9.98. The molecule has 1 fully saturated rings. The zero-order chi connectivity index (χ0) is 19.5. The molecule has 2 rings (SSSR count). The summed E-state index contributed by atoms with van der Waals surface area (Å²) in [4.78, 5) is 7.16. The summed E-state index contributed by atoms with van der Waals surface area (Å²) in [5.41, 5.74) is 1.72. The molecule has 1 heterocycles. The molecule has 1 saturated heterocycles. The Hall–Kier alpha value is -1.37. The lowest BCUT2D eigenvalue weighted by molar-refractivity contribution is 0.0532. The van der Waals surface area contributed by atoms with Gasteiger partial charge in [0.2, 0.25) is 0 Å². The van der Waals surface area contributed by atoms with E-state index in [1.807, 2.05) is 24.3 Å². The fourth-order valence-electron chi connectivity index (χ4n) is 3.14. The molecule has 1 aromatic carbocycles. The Morgan fingerprint density at radius 2 is 2.11 bits per heavy atom. The van der Waals surface area contributed by atoms with Gasteiger partial charge >= 0.3 is 0 Å². The molecule has 0 amide bonds. The molecule has 0 atom stereocenters. The summed E-state index contributed by atoms with van der Waals surface area (Å²) in [5.74, 6) is 0.849. The van der Waals surface area contributed by atoms with Crippen molar-refractivity contribution in [1.29, 1.82) is 5.26 Å². The first-order valence-electron chi connectivity index (χ1n) is 9.98. The van der Waals surface area contributed by atoms with Gasteiger partial charge in [0.05, 0.1) is 30.9 Å². The van der Waals surface area contributed by atoms with E-state index in [1.165, 1.54) is 0 Å². The van der Waals surface area contributed by atoms with Crippen LogP contribution in [0.15, 0.2) is 29.3 Å². The number of halogens is 1. The van der Waals surface area contributed by atoms with Crippen LogP contribution in [0.5, 0.6) is 0 Å². The van der Waals surface area contributed by atoms with Crippen LogP contribution >= 0.6 is 24.0 Å². The fourth-order valence-corrected chi connectivity index (χ4v) is 3.14. The van der Waals surface area contributed by atoms with Crippen LogP contribution in [-0.4, -0.2) is 55.8 Å². The van der Waals surface area contributed by atoms with E-state index in [1.54, 1.807) is 0 Å². The first-order chi connectivity index (χ1) is 13.1. The van der Waals surface area contributed by atoms with E-state index < -0.39 is 0 Å². The molecule has 2 N–H and O–H groups in total. The predicted octanol–water partition coefficient (Wildman–Crippen LogP) is 3.12. The number of aliphatic imine (C=N–C) groups is 1. The van der Waals surface area contributed by atoms with Crippen LogP contribution in [0.3, 0.4) is 0 Å². The Labute approximate surface area is 186 Å². The van der Waals surface area contributed by atoms with Gasteiger partial charge in [0.1, 0.15) is 0 Å². The van der Waals surface area contributed by atoms with Crippen molar-refractivity contribution < 1.29 is 4.74 Å². The minimum atomic E-state index is 0. The summed E-state index contributed by atoms with van der Waals surface area (Å²) in [6.07, 6.45) is 2.52. The number of benzene rings is 1. The highest BCUT2D eigenvalue weighted by Gasteiger charge is 2.19. The van der Waals surface area contributed by atoms with E-state index in [0.717, 1.165) is 57.2 Å². The maximum Gasteiger partial charge on any atom is 0.191 e. The quantitative estimate of drug-likeness (QED) is 0.327. The minimum absolute atomic E-state index is 0. The number of rotatable bonds is 8. The second-order valence-corrected chi connectivity index (χ2v) is 7.19. The third-order valence-corrected chi connectivity index (χ3v) is 4.61. The molecule has 0 bridgehead atoms. The lowest BCUT2D eigenvalue weighted by Crippen LogP contribution is -2.49. The number of piperidine rings is 1. The van der Waals surface area contributed by atoms with Crippen molar-refractivity contribution >= 4 is 29.9 Å². The van der Waals surface area contributed by atoms with Crippen molar-refractivity contribution in [3.63, 3.8) is 0 Å². The van der Waals surface area contributed by atoms with E-state index in [-0.39, 0.29) is 24.0 Å². The normalized spacial score (nSPS) is 15.8. The van der Waals surface area contributed by atoms with Crippen LogP contribution in [0.4, 0.5) is 0 Å². The van der Waals surface area contributed by atoms with Crippen molar-refractivity contribution in [2.45, 2.75) is 52.3 Å². The first kappa shape index (κ1) is 24.7. The van der Waals surface area contributed by atoms with Gasteiger partial charge in [0.15, 0.2) is 5.96 Å². The molecule has 7 heteroatoms. The monoisotopic (exact) mass is 499 g/mol. The molecular weight excluding hydrogens is 465 g/mol. The molecule has 156 valence electrons. The molecular formula is C21H34IN5O. The van der Waals surface area contributed by atoms with Crippen molar-refractivity contribution in [3.05, 3.63) is 35.4 Å². The van der Waals surface area contributed by atoms with Crippen LogP contribution in [0.1, 0.15) is 44.7 Å². The number of nitrogens with zero attached hydrogens (tertiary/aromatic N) is 3. The summed E-state index contributed by atoms with van der Waals surface area (Å²) in [6, 6.07) is 10.2. The number of ether oxygens (including phenoxy) is 1. The Morgan fingerprint density at radius 3 is 2.75 bits per heavy atom. The third-order valence-electron chi connectivity index (χ3n) is 4.61. The summed E-state index contributed by atoms with van der Waals surface area (Å²) < 4.78 is 5.65. The van der Waals surface area contributed by atoms with Gasteiger partial charge in [0, 0.05) is 32.2 Å². The molecule has 0 unspecified atom stereocenters. The topological polar surface area (TPSA) is 72.7 Å². The Bertz CT molecular complexity index is 636. The van der Waals surface area contributed by atoms with Gasteiger partial charge in [-0.15, -0.1) is 24.0 Å². The molecule has 1 aliphatic rings. The third kappa shape index (κ3) is 9.22. The van der Waals surface area contributed by atoms with Crippen molar-refractivity contribution in [3.8, 4) is 6.07 Å². The van der Waals surface area contributed by atoms with Gasteiger partial charge in [-0.1, -0.05) is 12.1 Å². The van der Waals surface area contributed by atoms with Crippen molar-refractivity contribution in [1.82, 2.24) is 15.5 Å². The van der Waals surface area contributed by atoms with Crippen LogP contribution in [0, 0.1) is 11.3 Å². The van der Waals surface area contributed by atoms with Crippen LogP contribution in [0.2, 0.25) is 0 Å². The van der Waals surface area contributed by atoms with Crippen LogP contribution in [0.25, 0.3) is 0 Å². The van der Waals surface area contributed by atoms with Gasteiger partial charge in [-0.3, -0.25) is 0 Å². The van der Waals surface area contributed by atoms with Crippen LogP contribution < -0.4 is 10.6 Å². The lowest BCUT2D eigenvalue weighted by Gasteiger charge is -2.33. The molecule has 0 aliphatic carbocycles. The number of likely N-dealkylation sites (tertiary alicyclic amines) is 1. The highest BCUT2D eigenvalue weighted by atomic mass is 127. The number of nitrogens with one attached hydrogen (secondary N) is 2. The zero-order valence-electron chi connectivity index (χ0n) is 17.3. The van der Waals surface area contributed by atoms with E-state index in [4.69, 9.17) is 15.0 Å². The van der Waals surface area contributed by atoms with Crippen molar-refractivity contribution in [2.75, 3.05) is 32.8 Å². The maximum absolute atomic E-state index is 9.02. The molecule has 1 aliphatic heterocycles. The second-order valence-electron chi connectivity index (χ2n) is 7.19. The fraction of sp³-hybridized carbons (Fsp3) is 0.619. The standard InChI is InChI=1S/C21H33N5O.HI/c1-4-23-21(24-16-19-7-5-6-18(14-19)15-22)25-20-8-10-26(11-9-20)12-13-27-17(2)3;/h5-7,14,17,20H,4,8-13,16H2,1-3H3,(H2,23,24,25);1H. The smallest absolute Gasteiger partial charge is 0.191 e. The summed E-state index contributed by atoms with van der Waals surface area (Å²) in [5, 5.41) is 15.9. The predicted molar refractivity (Wildman–Crippen MR) is 125 cm³/mol. The highest BCUT2D eigenvalue weighted by molar-refractivity contribution is 14.0. The Morgan fingerprint density at radius 1 is 1.36 bits per heavy atom. The number of guanidine groups is 1. The Kier molecular flexibility index (Phi) is 12.1. The maximum atomic E-state index is 9.02. The van der Waals surface area contributed by atoms with E-state index in [9.17, 15) is 0 Å². The molecule has 28 heavy (non-hydrogen) atoms. The molecule has 1 aromatic rings. The summed E-state index contributed by atoms with van der Waals surface area (Å²) in [6.45, 7) is 11.6. The average Bonchev–Trinajstić information content (AvgIpc) is 2.67. The van der Waals surface area contributed by atoms with Gasteiger partial charge in [0.25, 0.3) is 0 Å². The molecule has 0 radical (unpaired) electrons. The zero-order valence-corrected chi connectivity index (χ0v) is 19.6. The van der Waals surface area contributed by atoms with Gasteiger partial charge < -0.3 is 20.3 Å². The average molecular weight is 499 g/mol. The van der Waals surface area contributed by atoms with Crippen molar-refractivity contribution in [2.24, 2.45) is 4.99 Å². The summed E-state index contributed by atoms with van der Waals surface area (Å²) in [7, 11) is 0. The molecule has 0 spiro atoms. The van der Waals surface area contributed by atoms with Gasteiger partial charge in [-0.25, -0.2) is 4.99 Å². The lowest BCUT2D eigenvalue weighted by atomic mass is 10.1. The van der Waals surface area contributed by atoms with E-state index >= 15 is 0 Å². The molecule has 0 aromatic heterocycles. The largest absolute Gasteiger partial charge is 0.377 e. The SMILES string of the molecule is CCNC(=NCc1cccc(C#N)c1)NC1CCN(CCOC(C)C)CC1.I. The number of hydrogen-bond acceptors (Lipinski definition) is 4. The highest BCUT2D eigenvalue weighted by Crippen LogP contribution is 2.10. The van der Waals surface area contributed by atoms with Gasteiger partial charge in [-0.05, 0) is 51.3 Å².